The molecule has 1 amide bonds. The first-order valence-electron chi connectivity index (χ1n) is 8.97. The molecule has 8 nitrogen and oxygen atoms in total. The number of halogens is 1. The number of piperidine rings is 1. The molecule has 2 aromatic rings. The van der Waals surface area contributed by atoms with E-state index in [2.05, 4.69) is 10.1 Å². The summed E-state index contributed by atoms with van der Waals surface area (Å²) in [6.07, 6.45) is 2.37. The summed E-state index contributed by atoms with van der Waals surface area (Å²) < 4.78 is 37.0. The molecule has 0 bridgehead atoms. The second-order valence-electron chi connectivity index (χ2n) is 6.72. The van der Waals surface area contributed by atoms with Crippen LogP contribution in [0.15, 0.2) is 39.8 Å². The third-order valence-electron chi connectivity index (χ3n) is 4.83. The average Bonchev–Trinajstić information content (AvgIpc) is 3.13. The van der Waals surface area contributed by atoms with Gasteiger partial charge in [-0.2, -0.15) is 4.31 Å². The highest BCUT2D eigenvalue weighted by atomic mass is 35.5. The highest BCUT2D eigenvalue weighted by Crippen LogP contribution is 2.28. The number of rotatable bonds is 5. The summed E-state index contributed by atoms with van der Waals surface area (Å²) in [5.41, 5.74) is 0.915. The van der Waals surface area contributed by atoms with E-state index < -0.39 is 16.0 Å². The minimum Gasteiger partial charge on any atom is -0.465 e. The van der Waals surface area contributed by atoms with Crippen LogP contribution in [-0.4, -0.2) is 50.8 Å². The lowest BCUT2D eigenvalue weighted by Crippen LogP contribution is -2.46. The maximum Gasteiger partial charge on any atom is 0.337 e. The number of furan rings is 1. The molecule has 1 N–H and O–H groups in total. The van der Waals surface area contributed by atoms with E-state index in [1.54, 1.807) is 13.0 Å². The second-order valence-corrected chi connectivity index (χ2v) is 9.03. The van der Waals surface area contributed by atoms with E-state index in [4.69, 9.17) is 16.0 Å². The molecular formula is C19H21ClN2O6S. The zero-order chi connectivity index (χ0) is 21.2. The highest BCUT2D eigenvalue weighted by molar-refractivity contribution is 7.89. The standard InChI is InChI=1S/C19H21ClN2O6S/c1-12-7-10-28-17(12)18(23)21-14-5-8-22(9-6-14)29(25,26)16-4-3-13(11-15(16)20)19(24)27-2/h3-4,7,10-11,14H,5-6,8-9H2,1-2H3,(H,21,23). The van der Waals surface area contributed by atoms with Crippen molar-refractivity contribution in [2.24, 2.45) is 0 Å². The number of sulfonamides is 1. The molecule has 1 aliphatic rings. The lowest BCUT2D eigenvalue weighted by Gasteiger charge is -2.31. The lowest BCUT2D eigenvalue weighted by atomic mass is 10.1. The number of amides is 1. The highest BCUT2D eigenvalue weighted by Gasteiger charge is 2.32. The average molecular weight is 441 g/mol. The Balaban J connectivity index is 1.66. The van der Waals surface area contributed by atoms with Crippen LogP contribution in [0.4, 0.5) is 0 Å². The summed E-state index contributed by atoms with van der Waals surface area (Å²) in [6, 6.07) is 5.49. The SMILES string of the molecule is COC(=O)c1ccc(S(=O)(=O)N2CCC(NC(=O)c3occc3C)CC2)c(Cl)c1. The van der Waals surface area contributed by atoms with Gasteiger partial charge in [0.2, 0.25) is 10.0 Å². The summed E-state index contributed by atoms with van der Waals surface area (Å²) >= 11 is 6.12. The number of aryl methyl sites for hydroxylation is 1. The van der Waals surface area contributed by atoms with Gasteiger partial charge in [0.1, 0.15) is 4.90 Å². The van der Waals surface area contributed by atoms with Gasteiger partial charge in [0.25, 0.3) is 5.91 Å². The summed E-state index contributed by atoms with van der Waals surface area (Å²) in [4.78, 5) is 23.8. The molecule has 29 heavy (non-hydrogen) atoms. The van der Waals surface area contributed by atoms with Crippen molar-refractivity contribution >= 4 is 33.5 Å². The van der Waals surface area contributed by atoms with Gasteiger partial charge in [-0.1, -0.05) is 11.6 Å². The van der Waals surface area contributed by atoms with Crippen LogP contribution in [0.2, 0.25) is 5.02 Å². The topological polar surface area (TPSA) is 106 Å². The van der Waals surface area contributed by atoms with Crippen LogP contribution < -0.4 is 5.32 Å². The fourth-order valence-corrected chi connectivity index (χ4v) is 5.18. The minimum absolute atomic E-state index is 0.0448. The van der Waals surface area contributed by atoms with Gasteiger partial charge in [0.05, 0.1) is 24.0 Å². The van der Waals surface area contributed by atoms with Gasteiger partial charge in [-0.25, -0.2) is 13.2 Å². The fraction of sp³-hybridized carbons (Fsp3) is 0.368. The van der Waals surface area contributed by atoms with Crippen molar-refractivity contribution in [3.05, 3.63) is 52.4 Å². The zero-order valence-corrected chi connectivity index (χ0v) is 17.5. The van der Waals surface area contributed by atoms with Gasteiger partial charge < -0.3 is 14.5 Å². The molecule has 0 aliphatic carbocycles. The molecule has 1 aromatic carbocycles. The maximum atomic E-state index is 12.9. The maximum absolute atomic E-state index is 12.9. The van der Waals surface area contributed by atoms with Crippen LogP contribution in [0.1, 0.15) is 39.3 Å². The van der Waals surface area contributed by atoms with Crippen LogP contribution in [0.25, 0.3) is 0 Å². The monoisotopic (exact) mass is 440 g/mol. The van der Waals surface area contributed by atoms with E-state index >= 15 is 0 Å². The van der Waals surface area contributed by atoms with E-state index in [-0.39, 0.29) is 46.3 Å². The van der Waals surface area contributed by atoms with Crippen LogP contribution in [0, 0.1) is 6.92 Å². The van der Waals surface area contributed by atoms with Crippen LogP contribution in [0.3, 0.4) is 0 Å². The number of esters is 1. The summed E-state index contributed by atoms with van der Waals surface area (Å²) in [5.74, 6) is -0.646. The molecule has 0 spiro atoms. The second kappa shape index (κ2) is 8.56. The van der Waals surface area contributed by atoms with Crippen molar-refractivity contribution in [2.45, 2.75) is 30.7 Å². The summed E-state index contributed by atoms with van der Waals surface area (Å²) in [6.45, 7) is 2.25. The van der Waals surface area contributed by atoms with Gasteiger partial charge in [-0.05, 0) is 44.0 Å². The zero-order valence-electron chi connectivity index (χ0n) is 16.0. The first-order chi connectivity index (χ1) is 13.7. The molecule has 1 fully saturated rings. The first-order valence-corrected chi connectivity index (χ1v) is 10.8. The Labute approximate surface area is 173 Å². The molecular weight excluding hydrogens is 420 g/mol. The van der Waals surface area contributed by atoms with Gasteiger partial charge in [-0.15, -0.1) is 0 Å². The predicted octanol–water partition coefficient (Wildman–Crippen LogP) is 2.61. The number of hydrogen-bond donors (Lipinski definition) is 1. The van der Waals surface area contributed by atoms with Crippen molar-refractivity contribution in [1.82, 2.24) is 9.62 Å². The Morgan fingerprint density at radius 2 is 1.93 bits per heavy atom. The van der Waals surface area contributed by atoms with Crippen molar-refractivity contribution < 1.29 is 27.2 Å². The van der Waals surface area contributed by atoms with Crippen molar-refractivity contribution in [1.29, 1.82) is 0 Å². The van der Waals surface area contributed by atoms with E-state index in [0.717, 1.165) is 5.56 Å². The number of carbonyl (C=O) groups is 2. The third kappa shape index (κ3) is 4.47. The van der Waals surface area contributed by atoms with E-state index in [1.807, 2.05) is 0 Å². The summed E-state index contributed by atoms with van der Waals surface area (Å²) in [7, 11) is -2.59. The Morgan fingerprint density at radius 1 is 1.24 bits per heavy atom. The minimum atomic E-state index is -3.83. The quantitative estimate of drug-likeness (QED) is 0.716. The lowest BCUT2D eigenvalue weighted by molar-refractivity contribution is 0.0600. The number of methoxy groups -OCH3 is 1. The molecule has 156 valence electrons. The van der Waals surface area contributed by atoms with Crippen LogP contribution in [-0.2, 0) is 14.8 Å². The Bertz CT molecular complexity index is 1030. The molecule has 0 atom stereocenters. The number of benzene rings is 1. The van der Waals surface area contributed by atoms with Crippen molar-refractivity contribution in [2.75, 3.05) is 20.2 Å². The van der Waals surface area contributed by atoms with Crippen LogP contribution in [0.5, 0.6) is 0 Å². The van der Waals surface area contributed by atoms with Crippen molar-refractivity contribution in [3.63, 3.8) is 0 Å². The Kier molecular flexibility index (Phi) is 6.30. The number of hydrogen-bond acceptors (Lipinski definition) is 6. The van der Waals surface area contributed by atoms with Gasteiger partial charge in [0.15, 0.2) is 5.76 Å². The normalized spacial score (nSPS) is 15.8. The molecule has 0 radical (unpaired) electrons. The smallest absolute Gasteiger partial charge is 0.337 e. The van der Waals surface area contributed by atoms with E-state index in [0.29, 0.717) is 12.8 Å². The van der Waals surface area contributed by atoms with Crippen molar-refractivity contribution in [3.8, 4) is 0 Å². The molecule has 1 aliphatic heterocycles. The number of carbonyl (C=O) groups excluding carboxylic acids is 2. The van der Waals surface area contributed by atoms with Crippen LogP contribution >= 0.6 is 11.6 Å². The van der Waals surface area contributed by atoms with E-state index in [9.17, 15) is 18.0 Å². The van der Waals surface area contributed by atoms with Gasteiger partial charge in [0, 0.05) is 24.7 Å². The third-order valence-corrected chi connectivity index (χ3v) is 7.21. The Hall–Kier alpha value is -2.36. The van der Waals surface area contributed by atoms with Gasteiger partial charge in [-0.3, -0.25) is 4.79 Å². The molecule has 0 saturated carbocycles. The molecule has 10 heteroatoms. The van der Waals surface area contributed by atoms with E-state index in [1.165, 1.54) is 35.9 Å². The largest absolute Gasteiger partial charge is 0.465 e. The molecule has 2 heterocycles. The summed E-state index contributed by atoms with van der Waals surface area (Å²) in [5, 5.41) is 2.84. The molecule has 0 unspecified atom stereocenters. The number of ether oxygens (including phenoxy) is 1. The molecule has 1 saturated heterocycles. The van der Waals surface area contributed by atoms with Gasteiger partial charge >= 0.3 is 5.97 Å². The molecule has 3 rings (SSSR count). The molecule has 1 aromatic heterocycles. The predicted molar refractivity (Wildman–Crippen MR) is 105 cm³/mol. The Morgan fingerprint density at radius 3 is 2.48 bits per heavy atom. The number of nitrogens with zero attached hydrogens (tertiary/aromatic N) is 1. The first kappa shape index (κ1) is 21.4. The number of nitrogens with one attached hydrogen (secondary N) is 1. The fourth-order valence-electron chi connectivity index (χ4n) is 3.19.